The third-order valence-corrected chi connectivity index (χ3v) is 5.07. The molecular weight excluding hydrogens is 264 g/mol. The Labute approximate surface area is 116 Å². The zero-order valence-corrected chi connectivity index (χ0v) is 11.7. The summed E-state index contributed by atoms with van der Waals surface area (Å²) in [6.07, 6.45) is 5.12. The predicted molar refractivity (Wildman–Crippen MR) is 72.6 cm³/mol. The molecule has 2 fully saturated rings. The Morgan fingerprint density at radius 3 is 3.00 bits per heavy atom. The number of esters is 1. The van der Waals surface area contributed by atoms with Gasteiger partial charge in [-0.2, -0.15) is 4.98 Å². The molecule has 2 aliphatic rings. The molecule has 0 radical (unpaired) electrons. The molecule has 0 aromatic carbocycles. The molecular formula is C13H18N2O3S. The van der Waals surface area contributed by atoms with E-state index < -0.39 is 5.97 Å². The van der Waals surface area contributed by atoms with Crippen LogP contribution in [-0.4, -0.2) is 28.7 Å². The zero-order valence-electron chi connectivity index (χ0n) is 10.9. The second kappa shape index (κ2) is 5.00. The predicted octanol–water partition coefficient (Wildman–Crippen LogP) is 2.63. The summed E-state index contributed by atoms with van der Waals surface area (Å²) in [5.41, 5.74) is 0. The topological polar surface area (TPSA) is 71.5 Å². The normalized spacial score (nSPS) is 28.6. The van der Waals surface area contributed by atoms with Crippen molar-refractivity contribution in [2.75, 3.05) is 11.9 Å². The molecule has 6 heteroatoms. The molecule has 3 atom stereocenters. The molecule has 19 heavy (non-hydrogen) atoms. The van der Waals surface area contributed by atoms with Gasteiger partial charge in [0, 0.05) is 6.04 Å². The van der Waals surface area contributed by atoms with Crippen LogP contribution in [0.3, 0.4) is 0 Å². The van der Waals surface area contributed by atoms with Crippen LogP contribution in [0.4, 0.5) is 5.13 Å². The van der Waals surface area contributed by atoms with E-state index in [1.807, 2.05) is 0 Å². The summed E-state index contributed by atoms with van der Waals surface area (Å²) in [6, 6.07) is 0.444. The van der Waals surface area contributed by atoms with Gasteiger partial charge in [-0.3, -0.25) is 0 Å². The number of rotatable bonds is 4. The highest BCUT2D eigenvalue weighted by Gasteiger charge is 2.39. The standard InChI is InChI=1S/C13H18N2O3S/c1-2-18-12(17)10-11(16)15-13(19-10)14-9-6-7-3-4-8(9)5-7/h7-9,16H,2-6H2,1H3,(H,14,15)/t7-,8+,9?/m1/s1. The number of anilines is 1. The first-order valence-electron chi connectivity index (χ1n) is 6.80. The third kappa shape index (κ3) is 2.41. The molecule has 5 nitrogen and oxygen atoms in total. The first-order chi connectivity index (χ1) is 9.17. The van der Waals surface area contributed by atoms with Crippen molar-refractivity contribution in [1.82, 2.24) is 4.98 Å². The highest BCUT2D eigenvalue weighted by Crippen LogP contribution is 2.46. The first-order valence-corrected chi connectivity index (χ1v) is 7.62. The maximum Gasteiger partial charge on any atom is 0.354 e. The number of aromatic nitrogens is 1. The summed E-state index contributed by atoms with van der Waals surface area (Å²) < 4.78 is 4.89. The van der Waals surface area contributed by atoms with E-state index in [9.17, 15) is 9.90 Å². The van der Waals surface area contributed by atoms with Gasteiger partial charge in [0.1, 0.15) is 0 Å². The summed E-state index contributed by atoms with van der Waals surface area (Å²) in [4.78, 5) is 15.8. The fourth-order valence-electron chi connectivity index (χ4n) is 3.28. The number of carbonyl (C=O) groups excluding carboxylic acids is 1. The lowest BCUT2D eigenvalue weighted by Crippen LogP contribution is -2.25. The van der Waals surface area contributed by atoms with Crippen molar-refractivity contribution in [2.24, 2.45) is 11.8 Å². The van der Waals surface area contributed by atoms with Gasteiger partial charge in [-0.05, 0) is 38.0 Å². The van der Waals surface area contributed by atoms with Crippen molar-refractivity contribution >= 4 is 22.4 Å². The molecule has 2 bridgehead atoms. The van der Waals surface area contributed by atoms with Crippen LogP contribution in [0.2, 0.25) is 0 Å². The number of carbonyl (C=O) groups is 1. The van der Waals surface area contributed by atoms with E-state index in [0.717, 1.165) is 11.8 Å². The number of nitrogens with one attached hydrogen (secondary N) is 1. The van der Waals surface area contributed by atoms with Crippen LogP contribution in [0.1, 0.15) is 42.3 Å². The Bertz CT molecular complexity index is 488. The Balaban J connectivity index is 1.69. The lowest BCUT2D eigenvalue weighted by molar-refractivity contribution is 0.0528. The van der Waals surface area contributed by atoms with Crippen LogP contribution in [-0.2, 0) is 4.74 Å². The van der Waals surface area contributed by atoms with Gasteiger partial charge in [0.25, 0.3) is 0 Å². The Morgan fingerprint density at radius 1 is 1.53 bits per heavy atom. The van der Waals surface area contributed by atoms with E-state index >= 15 is 0 Å². The molecule has 1 aromatic heterocycles. The fraction of sp³-hybridized carbons (Fsp3) is 0.692. The van der Waals surface area contributed by atoms with Gasteiger partial charge in [-0.1, -0.05) is 17.8 Å². The Hall–Kier alpha value is -1.30. The minimum absolute atomic E-state index is 0.188. The smallest absolute Gasteiger partial charge is 0.354 e. The number of aromatic hydroxyl groups is 1. The largest absolute Gasteiger partial charge is 0.492 e. The molecule has 0 aliphatic heterocycles. The van der Waals surface area contributed by atoms with Gasteiger partial charge in [-0.15, -0.1) is 0 Å². The van der Waals surface area contributed by atoms with Gasteiger partial charge in [0.15, 0.2) is 10.0 Å². The van der Waals surface area contributed by atoms with Crippen molar-refractivity contribution in [3.05, 3.63) is 4.88 Å². The monoisotopic (exact) mass is 282 g/mol. The van der Waals surface area contributed by atoms with Crippen LogP contribution in [0.25, 0.3) is 0 Å². The summed E-state index contributed by atoms with van der Waals surface area (Å²) in [6.45, 7) is 2.04. The number of thiazole rings is 1. The van der Waals surface area contributed by atoms with Crippen LogP contribution < -0.4 is 5.32 Å². The highest BCUT2D eigenvalue weighted by atomic mass is 32.1. The number of fused-ring (bicyclic) bond motifs is 2. The molecule has 1 heterocycles. The minimum atomic E-state index is -0.501. The van der Waals surface area contributed by atoms with E-state index in [0.29, 0.717) is 17.8 Å². The van der Waals surface area contributed by atoms with E-state index in [4.69, 9.17) is 4.74 Å². The summed E-state index contributed by atoms with van der Waals surface area (Å²) in [5, 5.41) is 13.7. The van der Waals surface area contributed by atoms with E-state index in [1.54, 1.807) is 6.92 Å². The molecule has 1 aromatic rings. The van der Waals surface area contributed by atoms with Crippen LogP contribution >= 0.6 is 11.3 Å². The first kappa shape index (κ1) is 12.7. The second-order valence-corrected chi connectivity index (χ2v) is 6.32. The summed E-state index contributed by atoms with van der Waals surface area (Å²) in [7, 11) is 0. The Kier molecular flexibility index (Phi) is 3.35. The molecule has 0 amide bonds. The van der Waals surface area contributed by atoms with Gasteiger partial charge in [-0.25, -0.2) is 4.79 Å². The van der Waals surface area contributed by atoms with Crippen molar-refractivity contribution in [3.63, 3.8) is 0 Å². The van der Waals surface area contributed by atoms with Crippen LogP contribution in [0.5, 0.6) is 5.88 Å². The van der Waals surface area contributed by atoms with Gasteiger partial charge in [0.2, 0.25) is 5.88 Å². The van der Waals surface area contributed by atoms with Gasteiger partial charge < -0.3 is 15.2 Å². The van der Waals surface area contributed by atoms with Gasteiger partial charge in [0.05, 0.1) is 6.61 Å². The SMILES string of the molecule is CCOC(=O)c1sc(NC2C[C@@H]3CC[C@H]2C3)nc1O. The number of hydrogen-bond donors (Lipinski definition) is 2. The Morgan fingerprint density at radius 2 is 2.37 bits per heavy atom. The molecule has 0 spiro atoms. The maximum atomic E-state index is 11.6. The molecule has 0 saturated heterocycles. The lowest BCUT2D eigenvalue weighted by Gasteiger charge is -2.22. The number of ether oxygens (including phenoxy) is 1. The number of hydrogen-bond acceptors (Lipinski definition) is 6. The average molecular weight is 282 g/mol. The molecule has 3 rings (SSSR count). The third-order valence-electron chi connectivity index (χ3n) is 4.12. The summed E-state index contributed by atoms with van der Waals surface area (Å²) in [5.74, 6) is 0.843. The molecule has 1 unspecified atom stereocenters. The van der Waals surface area contributed by atoms with Crippen molar-refractivity contribution in [3.8, 4) is 5.88 Å². The van der Waals surface area contributed by atoms with Crippen molar-refractivity contribution < 1.29 is 14.6 Å². The zero-order chi connectivity index (χ0) is 13.4. The van der Waals surface area contributed by atoms with Crippen LogP contribution in [0.15, 0.2) is 0 Å². The average Bonchev–Trinajstić information content (AvgIpc) is 3.05. The molecule has 104 valence electrons. The molecule has 2 N–H and O–H groups in total. The van der Waals surface area contributed by atoms with Crippen LogP contribution in [0, 0.1) is 11.8 Å². The van der Waals surface area contributed by atoms with E-state index in [2.05, 4.69) is 10.3 Å². The fourth-order valence-corrected chi connectivity index (χ4v) is 4.10. The number of nitrogens with zero attached hydrogens (tertiary/aromatic N) is 1. The lowest BCUT2D eigenvalue weighted by atomic mass is 9.96. The van der Waals surface area contributed by atoms with Crippen molar-refractivity contribution in [1.29, 1.82) is 0 Å². The van der Waals surface area contributed by atoms with Crippen molar-refractivity contribution in [2.45, 2.75) is 38.6 Å². The van der Waals surface area contributed by atoms with E-state index in [1.165, 1.54) is 37.0 Å². The van der Waals surface area contributed by atoms with E-state index in [-0.39, 0.29) is 10.8 Å². The summed E-state index contributed by atoms with van der Waals surface area (Å²) >= 11 is 1.17. The quantitative estimate of drug-likeness (QED) is 0.831. The molecule has 2 saturated carbocycles. The second-order valence-electron chi connectivity index (χ2n) is 5.32. The highest BCUT2D eigenvalue weighted by molar-refractivity contribution is 7.17. The maximum absolute atomic E-state index is 11.6. The minimum Gasteiger partial charge on any atom is -0.492 e. The van der Waals surface area contributed by atoms with Gasteiger partial charge >= 0.3 is 5.97 Å². The molecule has 2 aliphatic carbocycles.